The summed E-state index contributed by atoms with van der Waals surface area (Å²) in [6.07, 6.45) is 4.94. The van der Waals surface area contributed by atoms with Crippen LogP contribution in [0.2, 0.25) is 0 Å². The summed E-state index contributed by atoms with van der Waals surface area (Å²) >= 11 is 0. The summed E-state index contributed by atoms with van der Waals surface area (Å²) in [5.74, 6) is -2.23. The minimum absolute atomic E-state index is 0.0829. The predicted octanol–water partition coefficient (Wildman–Crippen LogP) is 7.39. The Kier molecular flexibility index (Phi) is 13.9. The Morgan fingerprint density at radius 1 is 0.907 bits per heavy atom. The smallest absolute Gasteiger partial charge is 0.344 e. The average molecular weight is 1040 g/mol. The SMILES string of the molecule is CC[C@]12C=CCN3CC[C@@]4(c5cc([C@@]6(C(=O)OC)C[C@H](CC(C)COS(=O)(=O)c7ccc(C)cc7)CN(Cc7ccccc7)CCc7c6[nH]c6ccccc76)c(OC)cc5N(C)[C@H]4[C@@](O)(C(=O)OC)[C@@H]1OC(C)=O)[C@@H]32. The molecular weight excluding hydrogens is 973 g/mol. The van der Waals surface area contributed by atoms with Crippen LogP contribution in [-0.2, 0) is 66.7 Å². The second kappa shape index (κ2) is 19.8. The highest BCUT2D eigenvalue weighted by atomic mass is 32.2. The van der Waals surface area contributed by atoms with E-state index < -0.39 is 62.0 Å². The second-order valence-electron chi connectivity index (χ2n) is 21.8. The van der Waals surface area contributed by atoms with E-state index in [9.17, 15) is 23.1 Å². The number of fused-ring (bicyclic) bond motifs is 4. The van der Waals surface area contributed by atoms with Gasteiger partial charge in [-0.15, -0.1) is 0 Å². The Morgan fingerprint density at radius 2 is 1.63 bits per heavy atom. The van der Waals surface area contributed by atoms with Gasteiger partial charge in [-0.3, -0.25) is 23.6 Å². The lowest BCUT2D eigenvalue weighted by Gasteiger charge is -2.63. The number of likely N-dealkylation sites (N-methyl/N-ethyl adjacent to an activating group) is 1. The Balaban J connectivity index is 1.19. The molecule has 2 N–H and O–H groups in total. The molecule has 0 amide bonds. The van der Waals surface area contributed by atoms with Gasteiger partial charge in [0.1, 0.15) is 11.2 Å². The largest absolute Gasteiger partial charge is 0.496 e. The lowest BCUT2D eigenvalue weighted by Crippen LogP contribution is -2.81. The quantitative estimate of drug-likeness (QED) is 0.0487. The van der Waals surface area contributed by atoms with Gasteiger partial charge in [0.15, 0.2) is 6.10 Å². The van der Waals surface area contributed by atoms with Crippen LogP contribution in [0.25, 0.3) is 10.9 Å². The average Bonchev–Trinajstić information content (AvgIpc) is 4.25. The van der Waals surface area contributed by atoms with E-state index in [1.54, 1.807) is 31.4 Å². The van der Waals surface area contributed by atoms with Gasteiger partial charge in [-0.05, 0) is 98.4 Å². The lowest BCUT2D eigenvalue weighted by atomic mass is 9.47. The fourth-order valence-corrected chi connectivity index (χ4v) is 15.7. The lowest BCUT2D eigenvalue weighted by molar-refractivity contribution is -0.228. The summed E-state index contributed by atoms with van der Waals surface area (Å²) in [4.78, 5) is 54.4. The Morgan fingerprint density at radius 3 is 2.32 bits per heavy atom. The van der Waals surface area contributed by atoms with E-state index in [0.717, 1.165) is 33.2 Å². The molecule has 9 atom stereocenters. The number of carbonyl (C=O) groups excluding carboxylic acids is 3. The molecule has 1 unspecified atom stereocenters. The van der Waals surface area contributed by atoms with Crippen LogP contribution in [0.15, 0.2) is 108 Å². The van der Waals surface area contributed by atoms with Gasteiger partial charge in [0.25, 0.3) is 10.1 Å². The summed E-state index contributed by atoms with van der Waals surface area (Å²) in [5, 5.41) is 14.5. The zero-order valence-corrected chi connectivity index (χ0v) is 45.1. The number of H-pyrrole nitrogens is 1. The molecule has 0 bridgehead atoms. The number of aromatic nitrogens is 1. The van der Waals surface area contributed by atoms with Crippen LogP contribution >= 0.6 is 0 Å². The van der Waals surface area contributed by atoms with Crippen LogP contribution in [0.4, 0.5) is 5.69 Å². The standard InChI is InChI=1S/C59H70N4O11S/c1-9-56-25-15-27-63-29-26-57(51(56)63)45-31-46(49(70-6)32-48(45)61(5)52(57)59(67,55(66)72-8)53(56)74-39(4)64)58(54(65)71-7)33-41(30-38(3)36-73-75(68,69)42-22-20-37(2)21-23-42)35-62(34-40-16-11-10-12-17-40)28-24-44-43-18-13-14-19-47(43)60-50(44)58/h10-23,25,31-32,38,41,51-53,60,67H,9,24,26-30,33-36H2,1-8H3/t38?,41-,51-,52+,53+,56+,57+,58-,59-/m0/s1. The molecule has 2 fully saturated rings. The number of para-hydroxylation sites is 1. The van der Waals surface area contributed by atoms with Gasteiger partial charge in [-0.25, -0.2) is 4.79 Å². The molecular formula is C59H70N4O11S. The number of esters is 3. The molecule has 1 saturated carbocycles. The number of aliphatic hydroxyl groups is 1. The maximum absolute atomic E-state index is 15.9. The minimum Gasteiger partial charge on any atom is -0.496 e. The zero-order valence-electron chi connectivity index (χ0n) is 44.3. The molecule has 1 saturated heterocycles. The first-order chi connectivity index (χ1) is 35.9. The molecule has 398 valence electrons. The molecule has 1 aromatic heterocycles. The fraction of sp³-hybridized carbons (Fsp3) is 0.475. The molecule has 5 aliphatic rings. The predicted molar refractivity (Wildman–Crippen MR) is 284 cm³/mol. The molecule has 5 aromatic rings. The van der Waals surface area contributed by atoms with Gasteiger partial charge in [0.2, 0.25) is 5.60 Å². The van der Waals surface area contributed by atoms with Crippen LogP contribution < -0.4 is 9.64 Å². The molecule has 4 aromatic carbocycles. The van der Waals surface area contributed by atoms with Crippen LogP contribution in [-0.4, -0.2) is 131 Å². The topological polar surface area (TPSA) is 177 Å². The Hall–Kier alpha value is -6.04. The molecule has 4 aliphatic heterocycles. The maximum atomic E-state index is 15.9. The van der Waals surface area contributed by atoms with E-state index in [0.29, 0.717) is 81.1 Å². The van der Waals surface area contributed by atoms with Gasteiger partial charge < -0.3 is 33.9 Å². The van der Waals surface area contributed by atoms with E-state index in [1.807, 2.05) is 87.3 Å². The van der Waals surface area contributed by atoms with E-state index in [1.165, 1.54) is 21.1 Å². The molecule has 1 spiro atoms. The highest BCUT2D eigenvalue weighted by Gasteiger charge is 2.80. The maximum Gasteiger partial charge on any atom is 0.344 e. The van der Waals surface area contributed by atoms with Crippen molar-refractivity contribution in [2.24, 2.45) is 17.3 Å². The van der Waals surface area contributed by atoms with Crippen LogP contribution in [0.1, 0.15) is 80.0 Å². The van der Waals surface area contributed by atoms with Crippen molar-refractivity contribution in [2.75, 3.05) is 66.1 Å². The number of anilines is 1. The highest BCUT2D eigenvalue weighted by molar-refractivity contribution is 7.86. The van der Waals surface area contributed by atoms with Gasteiger partial charge in [-0.2, -0.15) is 8.42 Å². The van der Waals surface area contributed by atoms with Gasteiger partial charge in [0, 0.05) is 90.9 Å². The fourth-order valence-electron chi connectivity index (χ4n) is 14.7. The summed E-state index contributed by atoms with van der Waals surface area (Å²) in [6.45, 7) is 10.1. The third kappa shape index (κ3) is 8.28. The van der Waals surface area contributed by atoms with E-state index >= 15 is 4.79 Å². The van der Waals surface area contributed by atoms with Crippen molar-refractivity contribution in [3.63, 3.8) is 0 Å². The van der Waals surface area contributed by atoms with Gasteiger partial charge in [-0.1, -0.05) is 92.2 Å². The van der Waals surface area contributed by atoms with E-state index in [-0.39, 0.29) is 35.8 Å². The number of carbonyl (C=O) groups is 3. The van der Waals surface area contributed by atoms with Crippen molar-refractivity contribution in [1.82, 2.24) is 14.8 Å². The van der Waals surface area contributed by atoms with Crippen LogP contribution in [0.5, 0.6) is 5.75 Å². The van der Waals surface area contributed by atoms with Gasteiger partial charge >= 0.3 is 17.9 Å². The number of hydrogen-bond donors (Lipinski definition) is 2. The van der Waals surface area contributed by atoms with Crippen molar-refractivity contribution in [3.8, 4) is 5.75 Å². The summed E-state index contributed by atoms with van der Waals surface area (Å²) in [6, 6.07) is 27.6. The van der Waals surface area contributed by atoms with Gasteiger partial charge in [0.05, 0.1) is 38.9 Å². The Bertz CT molecular complexity index is 3140. The van der Waals surface area contributed by atoms with Crippen molar-refractivity contribution < 1.29 is 51.0 Å². The molecule has 5 heterocycles. The van der Waals surface area contributed by atoms with Crippen molar-refractivity contribution in [2.45, 2.75) is 106 Å². The van der Waals surface area contributed by atoms with Crippen molar-refractivity contribution in [3.05, 3.63) is 137 Å². The molecule has 15 nitrogen and oxygen atoms in total. The first-order valence-electron chi connectivity index (χ1n) is 26.2. The molecule has 75 heavy (non-hydrogen) atoms. The molecule has 16 heteroatoms. The number of ether oxygens (including phenoxy) is 4. The van der Waals surface area contributed by atoms with Crippen molar-refractivity contribution >= 4 is 44.6 Å². The minimum atomic E-state index is -4.08. The number of nitrogens with one attached hydrogen (secondary N) is 1. The summed E-state index contributed by atoms with van der Waals surface area (Å²) in [5.41, 5.74) is 0.616. The highest BCUT2D eigenvalue weighted by Crippen LogP contribution is 2.68. The number of nitrogens with zero attached hydrogens (tertiary/aromatic N) is 3. The molecule has 0 radical (unpaired) electrons. The van der Waals surface area contributed by atoms with Crippen LogP contribution in [0, 0.1) is 24.2 Å². The number of rotatable bonds is 14. The third-order valence-electron chi connectivity index (χ3n) is 17.6. The van der Waals surface area contributed by atoms with Crippen molar-refractivity contribution in [1.29, 1.82) is 0 Å². The third-order valence-corrected chi connectivity index (χ3v) is 18.9. The summed E-state index contributed by atoms with van der Waals surface area (Å²) in [7, 11) is 2.00. The van der Waals surface area contributed by atoms with Crippen LogP contribution in [0.3, 0.4) is 0 Å². The number of benzene rings is 4. The van der Waals surface area contributed by atoms with E-state index in [2.05, 4.69) is 39.0 Å². The first-order valence-corrected chi connectivity index (χ1v) is 27.6. The normalized spacial score (nSPS) is 28.7. The second-order valence-corrected chi connectivity index (χ2v) is 23.4. The zero-order chi connectivity index (χ0) is 53.2. The number of aromatic amines is 1. The molecule has 10 rings (SSSR count). The van der Waals surface area contributed by atoms with E-state index in [4.69, 9.17) is 23.1 Å². The number of hydrogen-bond acceptors (Lipinski definition) is 14. The Labute approximate surface area is 440 Å². The number of aryl methyl sites for hydroxylation is 1. The monoisotopic (exact) mass is 1040 g/mol. The number of methoxy groups -OCH3 is 3. The summed E-state index contributed by atoms with van der Waals surface area (Å²) < 4.78 is 57.4. The molecule has 1 aliphatic carbocycles. The first kappa shape index (κ1) is 52.4.